The third kappa shape index (κ3) is 19.1. The Hall–Kier alpha value is 1.18. The molecule has 0 aliphatic heterocycles. The van der Waals surface area contributed by atoms with E-state index in [1.54, 1.807) is 0 Å². The van der Waals surface area contributed by atoms with Gasteiger partial charge in [-0.3, -0.25) is 0 Å². The Morgan fingerprint density at radius 3 is 1.29 bits per heavy atom. The molecule has 0 heterocycles. The molecule has 0 aliphatic rings. The van der Waals surface area contributed by atoms with Gasteiger partial charge in [-0.15, -0.1) is 34.0 Å². The first-order valence-electron chi connectivity index (χ1n) is 2.12. The van der Waals surface area contributed by atoms with Crippen LogP contribution in [0.25, 0.3) is 0 Å². The van der Waals surface area contributed by atoms with E-state index in [0.717, 1.165) is 0 Å². The van der Waals surface area contributed by atoms with Crippen LogP contribution in [0.2, 0.25) is 12.1 Å². The molecule has 0 amide bonds. The van der Waals surface area contributed by atoms with Crippen LogP contribution in [0.15, 0.2) is 0 Å². The van der Waals surface area contributed by atoms with Gasteiger partial charge in [0, 0.05) is 9.52 Å². The maximum atomic E-state index is 2.22. The Kier molecular flexibility index (Phi) is 35.2. The van der Waals surface area contributed by atoms with Crippen LogP contribution in [0.3, 0.4) is 0 Å². The molecule has 0 atom stereocenters. The first-order valence-corrected chi connectivity index (χ1v) is 3.54. The van der Waals surface area contributed by atoms with Crippen LogP contribution in [0.4, 0.5) is 0 Å². The van der Waals surface area contributed by atoms with E-state index in [1.807, 2.05) is 0 Å². The molecule has 46 valence electrons. The summed E-state index contributed by atoms with van der Waals surface area (Å²) in [6.07, 6.45) is 0. The van der Waals surface area contributed by atoms with E-state index >= 15 is 0 Å². The molecule has 3 heteroatoms. The van der Waals surface area contributed by atoms with Gasteiger partial charge >= 0.3 is 0 Å². The van der Waals surface area contributed by atoms with Gasteiger partial charge in [-0.05, 0) is 0 Å². The number of hydrogen-bond acceptors (Lipinski definition) is 0. The lowest BCUT2D eigenvalue weighted by Crippen LogP contribution is -1.76. The molecule has 0 aromatic heterocycles. The van der Waals surface area contributed by atoms with Crippen molar-refractivity contribution in [1.82, 2.24) is 0 Å². The van der Waals surface area contributed by atoms with Crippen molar-refractivity contribution in [3.05, 3.63) is 0 Å². The van der Waals surface area contributed by atoms with E-state index in [1.165, 1.54) is 21.6 Å². The molecule has 0 aliphatic carbocycles. The van der Waals surface area contributed by atoms with Crippen molar-refractivity contribution in [2.45, 2.75) is 25.9 Å². The van der Waals surface area contributed by atoms with Crippen molar-refractivity contribution in [1.29, 1.82) is 0 Å². The zero-order chi connectivity index (χ0) is 4.12. The van der Waals surface area contributed by atoms with E-state index < -0.39 is 0 Å². The van der Waals surface area contributed by atoms with Crippen LogP contribution in [0, 0.1) is 0 Å². The highest BCUT2D eigenvalue weighted by Gasteiger charge is 1.70. The first-order chi connectivity index (χ1) is 2.41. The molecule has 0 bridgehead atoms. The van der Waals surface area contributed by atoms with Crippen molar-refractivity contribution >= 4 is 43.5 Å². The number of rotatable bonds is 2. The highest BCUT2D eigenvalue weighted by atomic mass is 79.9. The summed E-state index contributed by atoms with van der Waals surface area (Å²) in [5, 5.41) is 0. The van der Waals surface area contributed by atoms with Gasteiger partial charge in [-0.2, -0.15) is 0 Å². The lowest BCUT2D eigenvalue weighted by molar-refractivity contribution is 1.36. The third-order valence-electron chi connectivity index (χ3n) is 0.500. The Labute approximate surface area is 69.4 Å². The largest absolute Gasteiger partial charge is 0.114 e. The molecular formula is C4H12Br2Si. The first kappa shape index (κ1) is 15.7. The highest BCUT2D eigenvalue weighted by Crippen LogP contribution is 1.77. The van der Waals surface area contributed by atoms with E-state index in [9.17, 15) is 0 Å². The smallest absolute Gasteiger partial charge is 0.0372 e. The molecule has 0 unspecified atom stereocenters. The molecule has 0 aromatic carbocycles. The zero-order valence-corrected chi connectivity index (χ0v) is 9.16. The molecule has 0 saturated heterocycles. The van der Waals surface area contributed by atoms with Crippen molar-refractivity contribution in [3.8, 4) is 0 Å². The molecular weight excluding hydrogens is 236 g/mol. The second kappa shape index (κ2) is 15.7. The molecule has 7 heavy (non-hydrogen) atoms. The monoisotopic (exact) mass is 246 g/mol. The van der Waals surface area contributed by atoms with Crippen LogP contribution in [-0.4, -0.2) is 9.52 Å². The fraction of sp³-hybridized carbons (Fsp3) is 1.00. The molecule has 0 saturated carbocycles. The minimum atomic E-state index is 0. The second-order valence-electron chi connectivity index (χ2n) is 0.957. The normalized spacial score (nSPS) is 6.00. The molecule has 0 nitrogen and oxygen atoms in total. The maximum absolute atomic E-state index is 2.22. The summed E-state index contributed by atoms with van der Waals surface area (Å²) in [7, 11) is 1.20. The van der Waals surface area contributed by atoms with Crippen molar-refractivity contribution in [3.63, 3.8) is 0 Å². The second-order valence-corrected chi connectivity index (χ2v) is 2.87. The average Bonchev–Trinajstić information content (AvgIpc) is 1.41. The predicted molar refractivity (Wildman–Crippen MR) is 47.4 cm³/mol. The van der Waals surface area contributed by atoms with Crippen LogP contribution in [0.1, 0.15) is 13.8 Å². The summed E-state index contributed by atoms with van der Waals surface area (Å²) in [6, 6.07) is 2.74. The van der Waals surface area contributed by atoms with Crippen molar-refractivity contribution in [2.75, 3.05) is 0 Å². The predicted octanol–water partition coefficient (Wildman–Crippen LogP) is 2.72. The van der Waals surface area contributed by atoms with E-state index in [4.69, 9.17) is 0 Å². The fourth-order valence-corrected chi connectivity index (χ4v) is 0.750. The van der Waals surface area contributed by atoms with Gasteiger partial charge in [0.1, 0.15) is 0 Å². The van der Waals surface area contributed by atoms with Gasteiger partial charge in [-0.1, -0.05) is 25.9 Å². The van der Waals surface area contributed by atoms with Gasteiger partial charge < -0.3 is 0 Å². The molecule has 0 N–H and O–H groups in total. The quantitative estimate of drug-likeness (QED) is 0.659. The minimum absolute atomic E-state index is 0. The highest BCUT2D eigenvalue weighted by molar-refractivity contribution is 8.93. The van der Waals surface area contributed by atoms with Crippen molar-refractivity contribution in [2.24, 2.45) is 0 Å². The summed E-state index contributed by atoms with van der Waals surface area (Å²) >= 11 is 0. The molecule has 0 rings (SSSR count). The van der Waals surface area contributed by atoms with E-state index in [2.05, 4.69) is 13.8 Å². The maximum Gasteiger partial charge on any atom is 0.0372 e. The standard InChI is InChI=1S/C4H10Si.2BrH/c1-3-5-4-2;;/h3-4H2,1-2H3;2*1H. The van der Waals surface area contributed by atoms with Crippen LogP contribution >= 0.6 is 34.0 Å². The lowest BCUT2D eigenvalue weighted by Gasteiger charge is -1.76. The SMILES string of the molecule is Br.Br.CC[Si]CC. The fourth-order valence-electron chi connectivity index (χ4n) is 0.250. The third-order valence-corrected chi connectivity index (χ3v) is 1.50. The summed E-state index contributed by atoms with van der Waals surface area (Å²) < 4.78 is 0. The van der Waals surface area contributed by atoms with Crippen LogP contribution in [0.5, 0.6) is 0 Å². The van der Waals surface area contributed by atoms with Gasteiger partial charge in [0.05, 0.1) is 0 Å². The number of halogens is 2. The molecule has 2 radical (unpaired) electrons. The van der Waals surface area contributed by atoms with Crippen LogP contribution in [-0.2, 0) is 0 Å². The Morgan fingerprint density at radius 1 is 1.00 bits per heavy atom. The van der Waals surface area contributed by atoms with Crippen LogP contribution < -0.4 is 0 Å². The van der Waals surface area contributed by atoms with Gasteiger partial charge in [0.15, 0.2) is 0 Å². The summed E-state index contributed by atoms with van der Waals surface area (Å²) in [6.45, 7) is 4.45. The Bertz CT molecular complexity index is 17.2. The lowest BCUT2D eigenvalue weighted by atomic mass is 11.0. The molecule has 0 fully saturated rings. The Balaban J connectivity index is -0.0000000800. The summed E-state index contributed by atoms with van der Waals surface area (Å²) in [4.78, 5) is 0. The van der Waals surface area contributed by atoms with E-state index in [-0.39, 0.29) is 34.0 Å². The zero-order valence-electron chi connectivity index (χ0n) is 4.73. The summed E-state index contributed by atoms with van der Waals surface area (Å²) in [5.74, 6) is 0. The molecule has 0 aromatic rings. The Morgan fingerprint density at radius 2 is 1.29 bits per heavy atom. The topological polar surface area (TPSA) is 0 Å². The average molecular weight is 248 g/mol. The van der Waals surface area contributed by atoms with E-state index in [0.29, 0.717) is 0 Å². The minimum Gasteiger partial charge on any atom is -0.114 e. The van der Waals surface area contributed by atoms with Gasteiger partial charge in [0.2, 0.25) is 0 Å². The van der Waals surface area contributed by atoms with Gasteiger partial charge in [0.25, 0.3) is 0 Å². The summed E-state index contributed by atoms with van der Waals surface area (Å²) in [5.41, 5.74) is 0. The molecule has 0 spiro atoms. The van der Waals surface area contributed by atoms with Gasteiger partial charge in [-0.25, -0.2) is 0 Å². The number of hydrogen-bond donors (Lipinski definition) is 0. The van der Waals surface area contributed by atoms with Crippen molar-refractivity contribution < 1.29 is 0 Å².